The third kappa shape index (κ3) is 2.36. The van der Waals surface area contributed by atoms with Crippen LogP contribution in [0.2, 0.25) is 0 Å². The Hall–Kier alpha value is -0.380. The van der Waals surface area contributed by atoms with E-state index in [0.717, 1.165) is 30.8 Å². The van der Waals surface area contributed by atoms with Crippen LogP contribution in [-0.4, -0.2) is 28.6 Å². The van der Waals surface area contributed by atoms with Crippen molar-refractivity contribution in [2.75, 3.05) is 13.1 Å². The Labute approximate surface area is 115 Å². The van der Waals surface area contributed by atoms with Gasteiger partial charge in [-0.1, -0.05) is 13.8 Å². The summed E-state index contributed by atoms with van der Waals surface area (Å²) in [5, 5.41) is 10.9. The number of likely N-dealkylation sites (tertiary alicyclic amines) is 1. The molecule has 0 bridgehead atoms. The number of nitrogens with zero attached hydrogens (tertiary/aromatic N) is 1. The molecule has 0 saturated carbocycles. The van der Waals surface area contributed by atoms with E-state index < -0.39 is 0 Å². The first-order valence-corrected chi connectivity index (χ1v) is 7.95. The lowest BCUT2D eigenvalue weighted by molar-refractivity contribution is -0.0275. The fourth-order valence-electron chi connectivity index (χ4n) is 3.28. The fraction of sp³-hybridized carbons (Fsp3) is 0.733. The topological polar surface area (TPSA) is 23.5 Å². The van der Waals surface area contributed by atoms with Crippen molar-refractivity contribution in [2.45, 2.75) is 58.1 Å². The highest BCUT2D eigenvalue weighted by molar-refractivity contribution is 7.12. The van der Waals surface area contributed by atoms with Crippen LogP contribution in [-0.2, 0) is 0 Å². The minimum absolute atomic E-state index is 0.0617. The van der Waals surface area contributed by atoms with Gasteiger partial charge in [-0.3, -0.25) is 4.90 Å². The third-order valence-corrected chi connectivity index (χ3v) is 5.55. The van der Waals surface area contributed by atoms with Gasteiger partial charge in [0.1, 0.15) is 6.10 Å². The molecule has 0 spiro atoms. The first-order valence-electron chi connectivity index (χ1n) is 7.13. The quantitative estimate of drug-likeness (QED) is 0.878. The molecule has 102 valence electrons. The van der Waals surface area contributed by atoms with Crippen LogP contribution in [0.3, 0.4) is 0 Å². The zero-order chi connectivity index (χ0) is 13.2. The number of hydrogen-bond donors (Lipinski definition) is 1. The van der Waals surface area contributed by atoms with Crippen molar-refractivity contribution < 1.29 is 5.11 Å². The van der Waals surface area contributed by atoms with Gasteiger partial charge in [0.2, 0.25) is 0 Å². The van der Waals surface area contributed by atoms with E-state index in [-0.39, 0.29) is 11.6 Å². The molecule has 2 rings (SSSR count). The Kier molecular flexibility index (Phi) is 4.46. The number of thiophene rings is 1. The Balaban J connectivity index is 2.28. The van der Waals surface area contributed by atoms with Gasteiger partial charge in [-0.05, 0) is 57.8 Å². The lowest BCUT2D eigenvalue weighted by atomic mass is 9.84. The average molecular weight is 267 g/mol. The molecule has 3 heteroatoms. The SMILES string of the molecule is CCC(CC)(C(O)c1ccc(C)s1)N1CCCC1. The predicted octanol–water partition coefficient (Wildman–Crippen LogP) is 3.74. The summed E-state index contributed by atoms with van der Waals surface area (Å²) >= 11 is 1.74. The molecule has 1 N–H and O–H groups in total. The Bertz CT molecular complexity index is 378. The summed E-state index contributed by atoms with van der Waals surface area (Å²) in [6.45, 7) is 8.82. The number of aliphatic hydroxyl groups excluding tert-OH is 1. The minimum atomic E-state index is -0.343. The molecule has 1 aliphatic heterocycles. The second-order valence-electron chi connectivity index (χ2n) is 5.36. The Morgan fingerprint density at radius 3 is 2.33 bits per heavy atom. The van der Waals surface area contributed by atoms with Crippen molar-refractivity contribution in [1.29, 1.82) is 0 Å². The van der Waals surface area contributed by atoms with Crippen LogP contribution < -0.4 is 0 Å². The molecule has 18 heavy (non-hydrogen) atoms. The van der Waals surface area contributed by atoms with E-state index in [2.05, 4.69) is 37.8 Å². The fourth-order valence-corrected chi connectivity index (χ4v) is 4.26. The maximum Gasteiger partial charge on any atom is 0.106 e. The molecule has 0 amide bonds. The molecule has 0 aromatic carbocycles. The largest absolute Gasteiger partial charge is 0.386 e. The standard InChI is InChI=1S/C15H25NOS/c1-4-15(5-2,16-10-6-7-11-16)14(17)13-9-8-12(3)18-13/h8-9,14,17H,4-7,10-11H2,1-3H3. The maximum absolute atomic E-state index is 10.9. The van der Waals surface area contributed by atoms with E-state index in [0.29, 0.717) is 0 Å². The van der Waals surface area contributed by atoms with Crippen molar-refractivity contribution in [2.24, 2.45) is 0 Å². The first kappa shape index (κ1) is 14.0. The van der Waals surface area contributed by atoms with Gasteiger partial charge >= 0.3 is 0 Å². The van der Waals surface area contributed by atoms with Gasteiger partial charge in [0, 0.05) is 9.75 Å². The lowest BCUT2D eigenvalue weighted by Crippen LogP contribution is -2.50. The molecular formula is C15H25NOS. The highest BCUT2D eigenvalue weighted by Gasteiger charge is 2.42. The second-order valence-corrected chi connectivity index (χ2v) is 6.68. The van der Waals surface area contributed by atoms with E-state index in [9.17, 15) is 5.11 Å². The number of aryl methyl sites for hydroxylation is 1. The van der Waals surface area contributed by atoms with Crippen molar-refractivity contribution in [3.63, 3.8) is 0 Å². The average Bonchev–Trinajstić information content (AvgIpc) is 3.03. The highest BCUT2D eigenvalue weighted by atomic mass is 32.1. The summed E-state index contributed by atoms with van der Waals surface area (Å²) in [4.78, 5) is 4.93. The predicted molar refractivity (Wildman–Crippen MR) is 78.1 cm³/mol. The van der Waals surface area contributed by atoms with Crippen LogP contribution in [0.5, 0.6) is 0 Å². The normalized spacial score (nSPS) is 19.3. The monoisotopic (exact) mass is 267 g/mol. The molecule has 1 aromatic heterocycles. The summed E-state index contributed by atoms with van der Waals surface area (Å²) in [5.41, 5.74) is -0.0617. The highest BCUT2D eigenvalue weighted by Crippen LogP contribution is 2.41. The molecule has 1 fully saturated rings. The van der Waals surface area contributed by atoms with Crippen LogP contribution in [0, 0.1) is 6.92 Å². The van der Waals surface area contributed by atoms with Gasteiger partial charge in [-0.25, -0.2) is 0 Å². The third-order valence-electron chi connectivity index (χ3n) is 4.50. The van der Waals surface area contributed by atoms with Crippen molar-refractivity contribution in [3.8, 4) is 0 Å². The Morgan fingerprint density at radius 2 is 1.89 bits per heavy atom. The zero-order valence-electron chi connectivity index (χ0n) is 11.8. The van der Waals surface area contributed by atoms with E-state index in [4.69, 9.17) is 0 Å². The van der Waals surface area contributed by atoms with Crippen molar-refractivity contribution >= 4 is 11.3 Å². The van der Waals surface area contributed by atoms with Gasteiger partial charge in [-0.15, -0.1) is 11.3 Å². The maximum atomic E-state index is 10.9. The van der Waals surface area contributed by atoms with Gasteiger partial charge in [0.15, 0.2) is 0 Å². The van der Waals surface area contributed by atoms with Crippen molar-refractivity contribution in [1.82, 2.24) is 4.90 Å². The van der Waals surface area contributed by atoms with Crippen LogP contribution >= 0.6 is 11.3 Å². The van der Waals surface area contributed by atoms with Crippen LogP contribution in [0.25, 0.3) is 0 Å². The van der Waals surface area contributed by atoms with Crippen LogP contribution in [0.1, 0.15) is 55.4 Å². The summed E-state index contributed by atoms with van der Waals surface area (Å²) in [5.74, 6) is 0. The van der Waals surface area contributed by atoms with Crippen LogP contribution in [0.15, 0.2) is 12.1 Å². The first-order chi connectivity index (χ1) is 8.64. The molecule has 1 aliphatic rings. The van der Waals surface area contributed by atoms with Gasteiger partial charge < -0.3 is 5.11 Å². The summed E-state index contributed by atoms with van der Waals surface area (Å²) in [7, 11) is 0. The molecule has 0 radical (unpaired) electrons. The lowest BCUT2D eigenvalue weighted by Gasteiger charge is -2.44. The number of rotatable bonds is 5. The van der Waals surface area contributed by atoms with Gasteiger partial charge in [-0.2, -0.15) is 0 Å². The Morgan fingerprint density at radius 1 is 1.28 bits per heavy atom. The summed E-state index contributed by atoms with van der Waals surface area (Å²) < 4.78 is 0. The van der Waals surface area contributed by atoms with Gasteiger partial charge in [0.05, 0.1) is 5.54 Å². The van der Waals surface area contributed by atoms with E-state index in [1.54, 1.807) is 11.3 Å². The van der Waals surface area contributed by atoms with Crippen molar-refractivity contribution in [3.05, 3.63) is 21.9 Å². The smallest absolute Gasteiger partial charge is 0.106 e. The summed E-state index contributed by atoms with van der Waals surface area (Å²) in [6.07, 6.45) is 4.24. The zero-order valence-corrected chi connectivity index (χ0v) is 12.6. The summed E-state index contributed by atoms with van der Waals surface area (Å²) in [6, 6.07) is 4.21. The second kappa shape index (κ2) is 5.72. The minimum Gasteiger partial charge on any atom is -0.386 e. The van der Waals surface area contributed by atoms with Crippen LogP contribution in [0.4, 0.5) is 0 Å². The molecule has 1 saturated heterocycles. The van der Waals surface area contributed by atoms with E-state index in [1.807, 2.05) is 0 Å². The molecule has 1 aromatic rings. The van der Waals surface area contributed by atoms with Gasteiger partial charge in [0.25, 0.3) is 0 Å². The molecule has 1 unspecified atom stereocenters. The van der Waals surface area contributed by atoms with E-state index >= 15 is 0 Å². The number of hydrogen-bond acceptors (Lipinski definition) is 3. The molecule has 1 atom stereocenters. The molecule has 0 aliphatic carbocycles. The number of aliphatic hydroxyl groups is 1. The molecular weight excluding hydrogens is 242 g/mol. The molecule has 2 heterocycles. The van der Waals surface area contributed by atoms with E-state index in [1.165, 1.54) is 17.7 Å². The molecule has 2 nitrogen and oxygen atoms in total.